The Hall–Kier alpha value is -0.260. The summed E-state index contributed by atoms with van der Waals surface area (Å²) < 4.78 is 0. The van der Waals surface area contributed by atoms with Crippen molar-refractivity contribution in [1.29, 1.82) is 0 Å². The van der Waals surface area contributed by atoms with E-state index in [-0.39, 0.29) is 0 Å². The average molecular weight is 170 g/mol. The van der Waals surface area contributed by atoms with Crippen molar-refractivity contribution in [2.45, 2.75) is 60.3 Å². The van der Waals surface area contributed by atoms with Crippen LogP contribution >= 0.6 is 0 Å². The maximum absolute atomic E-state index is 3.86. The van der Waals surface area contributed by atoms with E-state index < -0.39 is 0 Å². The van der Waals surface area contributed by atoms with Gasteiger partial charge in [-0.3, -0.25) is 0 Å². The van der Waals surface area contributed by atoms with Crippen LogP contribution in [-0.2, 0) is 0 Å². The molecule has 0 aromatic rings. The lowest BCUT2D eigenvalue weighted by Crippen LogP contribution is -1.91. The quantitative estimate of drug-likeness (QED) is 0.531. The Balaban J connectivity index is 0. The molecule has 0 aliphatic carbocycles. The maximum Gasteiger partial charge on any atom is -0.0323 e. The number of allylic oxidation sites excluding steroid dienone is 1. The van der Waals surface area contributed by atoms with Gasteiger partial charge in [0.15, 0.2) is 0 Å². The van der Waals surface area contributed by atoms with Crippen LogP contribution in [0.2, 0.25) is 0 Å². The van der Waals surface area contributed by atoms with Crippen LogP contribution in [0.1, 0.15) is 60.3 Å². The van der Waals surface area contributed by atoms with Crippen LogP contribution < -0.4 is 0 Å². The molecule has 0 bridgehead atoms. The second-order valence-corrected chi connectivity index (χ2v) is 3.72. The molecule has 0 saturated carbocycles. The Morgan fingerprint density at radius 1 is 1.25 bits per heavy atom. The summed E-state index contributed by atoms with van der Waals surface area (Å²) in [7, 11) is 0. The summed E-state index contributed by atoms with van der Waals surface area (Å²) >= 11 is 0. The van der Waals surface area contributed by atoms with Crippen molar-refractivity contribution in [3.63, 3.8) is 0 Å². The van der Waals surface area contributed by atoms with E-state index in [2.05, 4.69) is 41.2 Å². The fourth-order valence-electron chi connectivity index (χ4n) is 0.697. The molecule has 0 heterocycles. The second kappa shape index (κ2) is 10.7. The highest BCUT2D eigenvalue weighted by molar-refractivity contribution is 4.87. The van der Waals surface area contributed by atoms with Gasteiger partial charge in [0.05, 0.1) is 0 Å². The SMILES string of the molecule is C=C(C)CCC(C)CC.CCC. The van der Waals surface area contributed by atoms with Gasteiger partial charge in [0, 0.05) is 0 Å². The summed E-state index contributed by atoms with van der Waals surface area (Å²) in [6.45, 7) is 14.7. The molecule has 12 heavy (non-hydrogen) atoms. The third-order valence-electron chi connectivity index (χ3n) is 1.76. The smallest absolute Gasteiger partial charge is 0.0323 e. The molecule has 1 unspecified atom stereocenters. The van der Waals surface area contributed by atoms with E-state index in [0.717, 1.165) is 5.92 Å². The lowest BCUT2D eigenvalue weighted by atomic mass is 10.0. The molecule has 0 radical (unpaired) electrons. The highest BCUT2D eigenvalue weighted by Crippen LogP contribution is 2.12. The lowest BCUT2D eigenvalue weighted by Gasteiger charge is -2.06. The molecule has 0 aliphatic heterocycles. The minimum Gasteiger partial charge on any atom is -0.100 e. The van der Waals surface area contributed by atoms with Gasteiger partial charge in [-0.25, -0.2) is 0 Å². The van der Waals surface area contributed by atoms with Crippen molar-refractivity contribution in [3.8, 4) is 0 Å². The summed E-state index contributed by atoms with van der Waals surface area (Å²) in [6, 6.07) is 0. The summed E-state index contributed by atoms with van der Waals surface area (Å²) in [6.07, 6.45) is 5.06. The largest absolute Gasteiger partial charge is 0.100 e. The van der Waals surface area contributed by atoms with Crippen molar-refractivity contribution in [2.24, 2.45) is 5.92 Å². The summed E-state index contributed by atoms with van der Waals surface area (Å²) in [5, 5.41) is 0. The van der Waals surface area contributed by atoms with Crippen LogP contribution in [-0.4, -0.2) is 0 Å². The molecule has 0 nitrogen and oxygen atoms in total. The topological polar surface area (TPSA) is 0 Å². The van der Waals surface area contributed by atoms with E-state index in [1.54, 1.807) is 0 Å². The lowest BCUT2D eigenvalue weighted by molar-refractivity contribution is 0.516. The monoisotopic (exact) mass is 170 g/mol. The fourth-order valence-corrected chi connectivity index (χ4v) is 0.697. The molecule has 0 fully saturated rings. The van der Waals surface area contributed by atoms with Gasteiger partial charge in [-0.1, -0.05) is 46.1 Å². The molecule has 0 aliphatic rings. The Kier molecular flexibility index (Phi) is 12.8. The minimum atomic E-state index is 0.877. The average Bonchev–Trinajstić information content (AvgIpc) is 2.01. The van der Waals surface area contributed by atoms with Crippen LogP contribution in [0.5, 0.6) is 0 Å². The van der Waals surface area contributed by atoms with Gasteiger partial charge in [-0.05, 0) is 25.7 Å². The highest BCUT2D eigenvalue weighted by Gasteiger charge is 1.96. The van der Waals surface area contributed by atoms with E-state index in [1.807, 2.05) is 0 Å². The van der Waals surface area contributed by atoms with Gasteiger partial charge < -0.3 is 0 Å². The first-order valence-electron chi connectivity index (χ1n) is 5.22. The van der Waals surface area contributed by atoms with Crippen LogP contribution in [0.25, 0.3) is 0 Å². The first-order valence-corrected chi connectivity index (χ1v) is 5.22. The van der Waals surface area contributed by atoms with E-state index >= 15 is 0 Å². The molecular formula is C12H26. The van der Waals surface area contributed by atoms with E-state index in [1.165, 1.54) is 31.3 Å². The fraction of sp³-hybridized carbons (Fsp3) is 0.833. The molecule has 0 aromatic carbocycles. The van der Waals surface area contributed by atoms with Gasteiger partial charge in [0.1, 0.15) is 0 Å². The molecule has 0 spiro atoms. The Labute approximate surface area is 79.1 Å². The molecule has 0 amide bonds. The standard InChI is InChI=1S/C9H18.C3H8/c1-5-9(4)7-6-8(2)3;1-3-2/h9H,2,5-7H2,1,3-4H3;3H2,1-2H3. The summed E-state index contributed by atoms with van der Waals surface area (Å²) in [4.78, 5) is 0. The molecule has 0 saturated heterocycles. The van der Waals surface area contributed by atoms with Crippen LogP contribution in [0, 0.1) is 5.92 Å². The minimum absolute atomic E-state index is 0.877. The van der Waals surface area contributed by atoms with Crippen LogP contribution in [0.4, 0.5) is 0 Å². The summed E-state index contributed by atoms with van der Waals surface area (Å²) in [5.41, 5.74) is 1.32. The highest BCUT2D eigenvalue weighted by atomic mass is 14.0. The van der Waals surface area contributed by atoms with Crippen molar-refractivity contribution >= 4 is 0 Å². The van der Waals surface area contributed by atoms with Gasteiger partial charge in [0.25, 0.3) is 0 Å². The van der Waals surface area contributed by atoms with Gasteiger partial charge >= 0.3 is 0 Å². The zero-order valence-corrected chi connectivity index (χ0v) is 9.61. The summed E-state index contributed by atoms with van der Waals surface area (Å²) in [5.74, 6) is 0.877. The number of hydrogen-bond acceptors (Lipinski definition) is 0. The first-order chi connectivity index (χ1) is 5.58. The van der Waals surface area contributed by atoms with Crippen LogP contribution in [0.3, 0.4) is 0 Å². The van der Waals surface area contributed by atoms with E-state index in [0.29, 0.717) is 0 Å². The van der Waals surface area contributed by atoms with Gasteiger partial charge in [-0.15, -0.1) is 6.58 Å². The zero-order valence-electron chi connectivity index (χ0n) is 9.61. The van der Waals surface area contributed by atoms with Crippen molar-refractivity contribution in [2.75, 3.05) is 0 Å². The third kappa shape index (κ3) is 16.4. The molecule has 1 atom stereocenters. The van der Waals surface area contributed by atoms with Crippen molar-refractivity contribution in [1.82, 2.24) is 0 Å². The first kappa shape index (κ1) is 14.3. The van der Waals surface area contributed by atoms with Gasteiger partial charge in [-0.2, -0.15) is 0 Å². The zero-order chi connectivity index (χ0) is 9.98. The van der Waals surface area contributed by atoms with Crippen molar-refractivity contribution < 1.29 is 0 Å². The maximum atomic E-state index is 3.86. The third-order valence-corrected chi connectivity index (χ3v) is 1.76. The van der Waals surface area contributed by atoms with E-state index in [9.17, 15) is 0 Å². The van der Waals surface area contributed by atoms with Crippen molar-refractivity contribution in [3.05, 3.63) is 12.2 Å². The Bertz CT molecular complexity index is 92.2. The molecular weight excluding hydrogens is 144 g/mol. The molecule has 0 rings (SSSR count). The van der Waals surface area contributed by atoms with Crippen LogP contribution in [0.15, 0.2) is 12.2 Å². The van der Waals surface area contributed by atoms with E-state index in [4.69, 9.17) is 0 Å². The van der Waals surface area contributed by atoms with Gasteiger partial charge in [0.2, 0.25) is 0 Å². The molecule has 0 N–H and O–H groups in total. The molecule has 0 heteroatoms. The molecule has 74 valence electrons. The normalized spacial score (nSPS) is 11.4. The number of rotatable bonds is 4. The Morgan fingerprint density at radius 2 is 1.67 bits per heavy atom. The second-order valence-electron chi connectivity index (χ2n) is 3.72. The predicted octanol–water partition coefficient (Wildman–Crippen LogP) is 4.81. The predicted molar refractivity (Wildman–Crippen MR) is 59.5 cm³/mol. The molecule has 0 aromatic heterocycles. The Morgan fingerprint density at radius 3 is 1.92 bits per heavy atom. The number of hydrogen-bond donors (Lipinski definition) is 0.